The summed E-state index contributed by atoms with van der Waals surface area (Å²) in [6.45, 7) is 7.11. The van der Waals surface area contributed by atoms with E-state index in [1.54, 1.807) is 0 Å². The summed E-state index contributed by atoms with van der Waals surface area (Å²) in [4.78, 5) is 0. The molecule has 3 nitrogen and oxygen atoms in total. The molecule has 1 aromatic rings. The van der Waals surface area contributed by atoms with Gasteiger partial charge in [-0.05, 0) is 24.3 Å². The number of hydrogen-bond donors (Lipinski definition) is 1. The number of rotatable bonds is 7. The third kappa shape index (κ3) is 6.21. The molecule has 108 valence electrons. The first-order chi connectivity index (χ1) is 8.79. The Morgan fingerprint density at radius 2 is 1.68 bits per heavy atom. The summed E-state index contributed by atoms with van der Waals surface area (Å²) in [6.07, 6.45) is 1.28. The highest BCUT2D eigenvalue weighted by Crippen LogP contribution is 2.23. The van der Waals surface area contributed by atoms with Crippen molar-refractivity contribution in [3.8, 4) is 0 Å². The van der Waals surface area contributed by atoms with Crippen molar-refractivity contribution in [2.75, 3.05) is 18.6 Å². The zero-order valence-corrected chi connectivity index (χ0v) is 13.1. The summed E-state index contributed by atoms with van der Waals surface area (Å²) in [5.74, 6) is 1.11. The Bertz CT molecular complexity index is 468. The molecular weight excluding hydrogens is 258 g/mol. The van der Waals surface area contributed by atoms with Crippen LogP contribution in [0.3, 0.4) is 0 Å². The SMILES string of the molecule is CC(CS(C)(=O)=O)NCC(c1ccccc1)C(C)C. The maximum Gasteiger partial charge on any atom is 0.148 e. The van der Waals surface area contributed by atoms with Crippen molar-refractivity contribution >= 4 is 9.84 Å². The normalized spacial score (nSPS) is 15.4. The van der Waals surface area contributed by atoms with Crippen LogP contribution in [0.2, 0.25) is 0 Å². The van der Waals surface area contributed by atoms with E-state index in [-0.39, 0.29) is 11.8 Å². The van der Waals surface area contributed by atoms with Gasteiger partial charge in [0.15, 0.2) is 0 Å². The molecule has 1 aromatic carbocycles. The molecule has 1 N–H and O–H groups in total. The third-order valence-corrected chi connectivity index (χ3v) is 4.38. The van der Waals surface area contributed by atoms with Gasteiger partial charge in [0.1, 0.15) is 9.84 Å². The van der Waals surface area contributed by atoms with Crippen molar-refractivity contribution in [3.63, 3.8) is 0 Å². The Balaban J connectivity index is 2.61. The molecule has 0 fully saturated rings. The monoisotopic (exact) mass is 283 g/mol. The van der Waals surface area contributed by atoms with Gasteiger partial charge < -0.3 is 5.32 Å². The standard InChI is InChI=1S/C15H25NO2S/c1-12(2)15(14-8-6-5-7-9-14)10-16-13(3)11-19(4,17)18/h5-9,12-13,15-16H,10-11H2,1-4H3. The van der Waals surface area contributed by atoms with Gasteiger partial charge in [-0.15, -0.1) is 0 Å². The van der Waals surface area contributed by atoms with Gasteiger partial charge in [-0.3, -0.25) is 0 Å². The van der Waals surface area contributed by atoms with E-state index in [2.05, 4.69) is 31.3 Å². The van der Waals surface area contributed by atoms with Gasteiger partial charge in [0, 0.05) is 18.8 Å². The topological polar surface area (TPSA) is 46.2 Å². The molecular formula is C15H25NO2S. The van der Waals surface area contributed by atoms with Crippen LogP contribution in [0.15, 0.2) is 30.3 Å². The molecule has 4 heteroatoms. The van der Waals surface area contributed by atoms with Crippen LogP contribution in [0.25, 0.3) is 0 Å². The molecule has 0 spiro atoms. The molecule has 0 bridgehead atoms. The summed E-state index contributed by atoms with van der Waals surface area (Å²) < 4.78 is 22.5. The molecule has 1 rings (SSSR count). The molecule has 2 atom stereocenters. The van der Waals surface area contributed by atoms with Crippen molar-refractivity contribution in [2.24, 2.45) is 5.92 Å². The second kappa shape index (κ2) is 7.06. The van der Waals surface area contributed by atoms with Crippen LogP contribution in [0.4, 0.5) is 0 Å². The van der Waals surface area contributed by atoms with E-state index in [0.29, 0.717) is 11.8 Å². The van der Waals surface area contributed by atoms with E-state index in [1.165, 1.54) is 11.8 Å². The lowest BCUT2D eigenvalue weighted by atomic mass is 9.88. The molecule has 2 unspecified atom stereocenters. The van der Waals surface area contributed by atoms with E-state index >= 15 is 0 Å². The number of nitrogens with one attached hydrogen (secondary N) is 1. The average molecular weight is 283 g/mol. The van der Waals surface area contributed by atoms with E-state index < -0.39 is 9.84 Å². The van der Waals surface area contributed by atoms with Gasteiger partial charge in [-0.25, -0.2) is 8.42 Å². The Labute approximate surface area is 117 Å². The van der Waals surface area contributed by atoms with Crippen LogP contribution in [0.1, 0.15) is 32.3 Å². The van der Waals surface area contributed by atoms with Crippen LogP contribution in [0, 0.1) is 5.92 Å². The molecule has 19 heavy (non-hydrogen) atoms. The highest BCUT2D eigenvalue weighted by molar-refractivity contribution is 7.90. The lowest BCUT2D eigenvalue weighted by molar-refractivity contribution is 0.440. The summed E-state index contributed by atoms with van der Waals surface area (Å²) >= 11 is 0. The van der Waals surface area contributed by atoms with Crippen LogP contribution in [-0.2, 0) is 9.84 Å². The molecule has 0 aliphatic rings. The van der Waals surface area contributed by atoms with Crippen molar-refractivity contribution in [2.45, 2.75) is 32.7 Å². The van der Waals surface area contributed by atoms with Gasteiger partial charge in [0.2, 0.25) is 0 Å². The second-order valence-electron chi connectivity index (χ2n) is 5.66. The first kappa shape index (κ1) is 16.2. The second-order valence-corrected chi connectivity index (χ2v) is 7.85. The highest BCUT2D eigenvalue weighted by atomic mass is 32.2. The minimum Gasteiger partial charge on any atom is -0.313 e. The fourth-order valence-electron chi connectivity index (χ4n) is 2.28. The van der Waals surface area contributed by atoms with Gasteiger partial charge in [-0.2, -0.15) is 0 Å². The minimum atomic E-state index is -2.92. The largest absolute Gasteiger partial charge is 0.313 e. The van der Waals surface area contributed by atoms with Crippen molar-refractivity contribution in [3.05, 3.63) is 35.9 Å². The number of sulfone groups is 1. The first-order valence-electron chi connectivity index (χ1n) is 6.75. The predicted molar refractivity (Wildman–Crippen MR) is 81.2 cm³/mol. The van der Waals surface area contributed by atoms with Crippen molar-refractivity contribution in [1.82, 2.24) is 5.32 Å². The van der Waals surface area contributed by atoms with E-state index in [0.717, 1.165) is 6.54 Å². The molecule has 0 saturated heterocycles. The smallest absolute Gasteiger partial charge is 0.148 e. The molecule has 0 aliphatic heterocycles. The van der Waals surface area contributed by atoms with Crippen LogP contribution < -0.4 is 5.32 Å². The van der Waals surface area contributed by atoms with Crippen LogP contribution in [-0.4, -0.2) is 33.0 Å². The Morgan fingerprint density at radius 1 is 1.11 bits per heavy atom. The van der Waals surface area contributed by atoms with Crippen LogP contribution in [0.5, 0.6) is 0 Å². The van der Waals surface area contributed by atoms with Gasteiger partial charge in [0.25, 0.3) is 0 Å². The number of hydrogen-bond acceptors (Lipinski definition) is 3. The minimum absolute atomic E-state index is 0.0139. The van der Waals surface area contributed by atoms with Crippen molar-refractivity contribution in [1.29, 1.82) is 0 Å². The van der Waals surface area contributed by atoms with Gasteiger partial charge in [0.05, 0.1) is 5.75 Å². The molecule has 0 saturated carbocycles. The fourth-order valence-corrected chi connectivity index (χ4v) is 3.31. The summed E-state index contributed by atoms with van der Waals surface area (Å²) in [5, 5.41) is 3.34. The Morgan fingerprint density at radius 3 is 2.16 bits per heavy atom. The molecule has 0 aromatic heterocycles. The fraction of sp³-hybridized carbons (Fsp3) is 0.600. The lowest BCUT2D eigenvalue weighted by Gasteiger charge is -2.24. The maximum absolute atomic E-state index is 11.3. The van der Waals surface area contributed by atoms with E-state index in [4.69, 9.17) is 0 Å². The van der Waals surface area contributed by atoms with Gasteiger partial charge >= 0.3 is 0 Å². The third-order valence-electron chi connectivity index (χ3n) is 3.27. The Hall–Kier alpha value is -0.870. The first-order valence-corrected chi connectivity index (χ1v) is 8.81. The highest BCUT2D eigenvalue weighted by Gasteiger charge is 2.17. The Kier molecular flexibility index (Phi) is 6.01. The quantitative estimate of drug-likeness (QED) is 0.836. The summed E-state index contributed by atoms with van der Waals surface area (Å²) in [6, 6.07) is 10.4. The molecule has 0 heterocycles. The summed E-state index contributed by atoms with van der Waals surface area (Å²) in [5.41, 5.74) is 1.30. The van der Waals surface area contributed by atoms with Crippen LogP contribution >= 0.6 is 0 Å². The molecule has 0 radical (unpaired) electrons. The lowest BCUT2D eigenvalue weighted by Crippen LogP contribution is -2.36. The van der Waals surface area contributed by atoms with E-state index in [1.807, 2.05) is 25.1 Å². The van der Waals surface area contributed by atoms with E-state index in [9.17, 15) is 8.42 Å². The zero-order valence-electron chi connectivity index (χ0n) is 12.3. The molecule has 0 aliphatic carbocycles. The predicted octanol–water partition coefficient (Wildman–Crippen LogP) is 2.45. The average Bonchev–Trinajstić information content (AvgIpc) is 2.27. The van der Waals surface area contributed by atoms with Crippen molar-refractivity contribution < 1.29 is 8.42 Å². The number of benzene rings is 1. The zero-order chi connectivity index (χ0) is 14.5. The molecule has 0 amide bonds. The maximum atomic E-state index is 11.3. The summed E-state index contributed by atoms with van der Waals surface area (Å²) in [7, 11) is -2.92. The van der Waals surface area contributed by atoms with Gasteiger partial charge in [-0.1, -0.05) is 44.2 Å².